The van der Waals surface area contributed by atoms with Gasteiger partial charge < -0.3 is 9.88 Å². The Kier molecular flexibility index (Phi) is 7.59. The fourth-order valence-corrected chi connectivity index (χ4v) is 4.84. The van der Waals surface area contributed by atoms with Crippen LogP contribution in [0, 0.1) is 0 Å². The third-order valence-electron chi connectivity index (χ3n) is 5.07. The second kappa shape index (κ2) is 10.4. The van der Waals surface area contributed by atoms with Crippen LogP contribution in [0.4, 0.5) is 0 Å². The molecule has 1 N–H and O–H groups in total. The number of aryl methyl sites for hydroxylation is 1. The summed E-state index contributed by atoms with van der Waals surface area (Å²) in [7, 11) is -3.52. The molecule has 0 fully saturated rings. The van der Waals surface area contributed by atoms with E-state index in [9.17, 15) is 13.2 Å². The van der Waals surface area contributed by atoms with Crippen LogP contribution < -0.4 is 5.32 Å². The minimum absolute atomic E-state index is 0.196. The van der Waals surface area contributed by atoms with Crippen molar-refractivity contribution in [2.45, 2.75) is 31.7 Å². The van der Waals surface area contributed by atoms with Gasteiger partial charge in [-0.2, -0.15) is 4.31 Å². The summed E-state index contributed by atoms with van der Waals surface area (Å²) in [4.78, 5) is 17.0. The van der Waals surface area contributed by atoms with Gasteiger partial charge in [0.2, 0.25) is 10.0 Å². The first kappa shape index (κ1) is 22.7. The monoisotopic (exact) mass is 440 g/mol. The van der Waals surface area contributed by atoms with E-state index in [4.69, 9.17) is 0 Å². The standard InChI is InChI=1S/C23H28N4O3S/c1-3-27(4-2)31(29,30)21-13-11-20(12-14-21)23(28)25-15-8-17-26-18-16-24-22(26)19-9-6-5-7-10-19/h5-7,9-14,16,18H,3-4,8,15,17H2,1-2H3,(H,25,28). The molecule has 2 aromatic carbocycles. The number of hydrogen-bond acceptors (Lipinski definition) is 4. The number of rotatable bonds is 10. The van der Waals surface area contributed by atoms with Gasteiger partial charge in [-0.1, -0.05) is 44.2 Å². The van der Waals surface area contributed by atoms with E-state index in [1.807, 2.05) is 36.5 Å². The molecule has 1 aromatic heterocycles. The molecule has 3 rings (SSSR count). The molecule has 0 spiro atoms. The maximum Gasteiger partial charge on any atom is 0.251 e. The topological polar surface area (TPSA) is 84.3 Å². The number of nitrogens with one attached hydrogen (secondary N) is 1. The van der Waals surface area contributed by atoms with E-state index in [2.05, 4.69) is 14.9 Å². The normalized spacial score (nSPS) is 11.6. The number of carbonyl (C=O) groups excluding carboxylic acids is 1. The largest absolute Gasteiger partial charge is 0.352 e. The van der Waals surface area contributed by atoms with Crippen molar-refractivity contribution in [3.05, 3.63) is 72.6 Å². The first-order valence-corrected chi connectivity index (χ1v) is 11.9. The van der Waals surface area contributed by atoms with Crippen molar-refractivity contribution in [2.75, 3.05) is 19.6 Å². The number of hydrogen-bond donors (Lipinski definition) is 1. The first-order valence-electron chi connectivity index (χ1n) is 10.4. The number of nitrogens with zero attached hydrogens (tertiary/aromatic N) is 3. The van der Waals surface area contributed by atoms with Crippen LogP contribution >= 0.6 is 0 Å². The second-order valence-corrected chi connectivity index (χ2v) is 8.97. The molecule has 31 heavy (non-hydrogen) atoms. The minimum atomic E-state index is -3.52. The van der Waals surface area contributed by atoms with Crippen molar-refractivity contribution in [2.24, 2.45) is 0 Å². The highest BCUT2D eigenvalue weighted by Gasteiger charge is 2.21. The van der Waals surface area contributed by atoms with Crippen LogP contribution in [0.3, 0.4) is 0 Å². The van der Waals surface area contributed by atoms with Gasteiger partial charge in [0, 0.05) is 49.7 Å². The van der Waals surface area contributed by atoms with Gasteiger partial charge in [-0.05, 0) is 30.7 Å². The van der Waals surface area contributed by atoms with E-state index in [-0.39, 0.29) is 10.8 Å². The van der Waals surface area contributed by atoms with Gasteiger partial charge in [0.15, 0.2) is 0 Å². The molecule has 0 radical (unpaired) electrons. The first-order chi connectivity index (χ1) is 15.0. The molecule has 0 aliphatic heterocycles. The zero-order chi connectivity index (χ0) is 22.3. The highest BCUT2D eigenvalue weighted by molar-refractivity contribution is 7.89. The molecule has 0 aliphatic carbocycles. The van der Waals surface area contributed by atoms with Gasteiger partial charge in [0.1, 0.15) is 5.82 Å². The molecule has 0 bridgehead atoms. The fraction of sp³-hybridized carbons (Fsp3) is 0.304. The Balaban J connectivity index is 1.54. The fourth-order valence-electron chi connectivity index (χ4n) is 3.38. The van der Waals surface area contributed by atoms with Crippen LogP contribution in [0.1, 0.15) is 30.6 Å². The summed E-state index contributed by atoms with van der Waals surface area (Å²) < 4.78 is 28.5. The number of benzene rings is 2. The Morgan fingerprint density at radius 3 is 2.35 bits per heavy atom. The van der Waals surface area contributed by atoms with Gasteiger partial charge >= 0.3 is 0 Å². The Morgan fingerprint density at radius 1 is 1.03 bits per heavy atom. The lowest BCUT2D eigenvalue weighted by Gasteiger charge is -2.18. The van der Waals surface area contributed by atoms with Crippen molar-refractivity contribution < 1.29 is 13.2 Å². The predicted molar refractivity (Wildman–Crippen MR) is 121 cm³/mol. The molecule has 0 saturated heterocycles. The van der Waals surface area contributed by atoms with Crippen molar-refractivity contribution in [3.8, 4) is 11.4 Å². The molecule has 1 amide bonds. The third-order valence-corrected chi connectivity index (χ3v) is 7.13. The Hall–Kier alpha value is -2.97. The molecule has 164 valence electrons. The molecule has 0 unspecified atom stereocenters. The zero-order valence-electron chi connectivity index (χ0n) is 17.9. The van der Waals surface area contributed by atoms with E-state index in [1.54, 1.807) is 32.2 Å². The van der Waals surface area contributed by atoms with Gasteiger partial charge in [0.25, 0.3) is 5.91 Å². The third kappa shape index (κ3) is 5.39. The molecule has 8 heteroatoms. The molecule has 7 nitrogen and oxygen atoms in total. The minimum Gasteiger partial charge on any atom is -0.352 e. The van der Waals surface area contributed by atoms with E-state index >= 15 is 0 Å². The van der Waals surface area contributed by atoms with Crippen molar-refractivity contribution in [3.63, 3.8) is 0 Å². The van der Waals surface area contributed by atoms with Crippen molar-refractivity contribution >= 4 is 15.9 Å². The van der Waals surface area contributed by atoms with Crippen LogP contribution in [0.5, 0.6) is 0 Å². The quantitative estimate of drug-likeness (QED) is 0.490. The van der Waals surface area contributed by atoms with E-state index in [0.29, 0.717) is 25.2 Å². The molecule has 0 saturated carbocycles. The summed E-state index contributed by atoms with van der Waals surface area (Å²) in [5.74, 6) is 0.678. The molecular weight excluding hydrogens is 412 g/mol. The average Bonchev–Trinajstić information content (AvgIpc) is 3.26. The zero-order valence-corrected chi connectivity index (χ0v) is 18.7. The highest BCUT2D eigenvalue weighted by Crippen LogP contribution is 2.17. The van der Waals surface area contributed by atoms with Crippen molar-refractivity contribution in [1.29, 1.82) is 0 Å². The maximum atomic E-state index is 12.5. The number of aromatic nitrogens is 2. The van der Waals surface area contributed by atoms with Gasteiger partial charge in [0.05, 0.1) is 4.90 Å². The average molecular weight is 441 g/mol. The summed E-state index contributed by atoms with van der Waals surface area (Å²) in [6.45, 7) is 5.65. The van der Waals surface area contributed by atoms with Crippen LogP contribution in [-0.4, -0.2) is 47.8 Å². The summed E-state index contributed by atoms with van der Waals surface area (Å²) >= 11 is 0. The van der Waals surface area contributed by atoms with E-state index in [1.165, 1.54) is 16.4 Å². The number of carbonyl (C=O) groups is 1. The lowest BCUT2D eigenvalue weighted by molar-refractivity contribution is 0.0952. The Morgan fingerprint density at radius 2 is 1.71 bits per heavy atom. The molecule has 3 aromatic rings. The maximum absolute atomic E-state index is 12.5. The summed E-state index contributed by atoms with van der Waals surface area (Å²) in [6.07, 6.45) is 4.45. The number of imidazole rings is 1. The summed E-state index contributed by atoms with van der Waals surface area (Å²) in [5.41, 5.74) is 1.49. The van der Waals surface area contributed by atoms with Crippen LogP contribution in [0.15, 0.2) is 71.9 Å². The molecule has 0 atom stereocenters. The van der Waals surface area contributed by atoms with Crippen molar-refractivity contribution in [1.82, 2.24) is 19.2 Å². The molecular formula is C23H28N4O3S. The lowest BCUT2D eigenvalue weighted by Crippen LogP contribution is -2.30. The van der Waals surface area contributed by atoms with Gasteiger partial charge in [-0.3, -0.25) is 4.79 Å². The molecule has 0 aliphatic rings. The SMILES string of the molecule is CCN(CC)S(=O)(=O)c1ccc(C(=O)NCCCn2ccnc2-c2ccccc2)cc1. The smallest absolute Gasteiger partial charge is 0.251 e. The predicted octanol–water partition coefficient (Wildman–Crippen LogP) is 3.40. The summed E-state index contributed by atoms with van der Waals surface area (Å²) in [5, 5.41) is 2.89. The lowest BCUT2D eigenvalue weighted by atomic mass is 10.2. The highest BCUT2D eigenvalue weighted by atomic mass is 32.2. The Bertz CT molecular complexity index is 1090. The second-order valence-electron chi connectivity index (χ2n) is 7.03. The van der Waals surface area contributed by atoms with Gasteiger partial charge in [-0.15, -0.1) is 0 Å². The Labute approximate surface area is 183 Å². The van der Waals surface area contributed by atoms with Gasteiger partial charge in [-0.25, -0.2) is 13.4 Å². The van der Waals surface area contributed by atoms with Crippen LogP contribution in [-0.2, 0) is 16.6 Å². The number of sulfonamides is 1. The van der Waals surface area contributed by atoms with Crippen LogP contribution in [0.2, 0.25) is 0 Å². The van der Waals surface area contributed by atoms with E-state index in [0.717, 1.165) is 24.4 Å². The van der Waals surface area contributed by atoms with E-state index < -0.39 is 10.0 Å². The molecule has 1 heterocycles. The summed E-state index contributed by atoms with van der Waals surface area (Å²) in [6, 6.07) is 16.0. The van der Waals surface area contributed by atoms with Crippen LogP contribution in [0.25, 0.3) is 11.4 Å². The number of amides is 1.